The highest BCUT2D eigenvalue weighted by molar-refractivity contribution is 5.85. The van der Waals surface area contributed by atoms with Gasteiger partial charge in [0.05, 0.1) is 0 Å². The molecule has 2 bridgehead atoms. The van der Waals surface area contributed by atoms with Crippen LogP contribution in [0, 0.1) is 28.6 Å². The van der Waals surface area contributed by atoms with Gasteiger partial charge < -0.3 is 14.6 Å². The molecule has 0 aliphatic heterocycles. The minimum Gasteiger partial charge on any atom is -0.462 e. The minimum atomic E-state index is -0.553. The number of ether oxygens (including phenoxy) is 2. The van der Waals surface area contributed by atoms with Crippen LogP contribution in [0.1, 0.15) is 47.0 Å². The Kier molecular flexibility index (Phi) is 4.02. The molecule has 6 heteroatoms. The zero-order valence-corrected chi connectivity index (χ0v) is 14.7. The third-order valence-corrected chi connectivity index (χ3v) is 6.44. The molecule has 6 atom stereocenters. The van der Waals surface area contributed by atoms with E-state index in [4.69, 9.17) is 9.47 Å². The Bertz CT molecular complexity index is 582. The smallest absolute Gasteiger partial charge is 0.302 e. The Morgan fingerprint density at radius 2 is 1.83 bits per heavy atom. The summed E-state index contributed by atoms with van der Waals surface area (Å²) in [6.07, 6.45) is 0.422. The first-order valence-electron chi connectivity index (χ1n) is 8.61. The maximum Gasteiger partial charge on any atom is 0.302 e. The zero-order chi connectivity index (χ0) is 17.9. The highest BCUT2D eigenvalue weighted by Crippen LogP contribution is 2.71. The fourth-order valence-corrected chi connectivity index (χ4v) is 6.10. The van der Waals surface area contributed by atoms with E-state index in [-0.39, 0.29) is 47.9 Å². The summed E-state index contributed by atoms with van der Waals surface area (Å²) in [5.74, 6) is -1.30. The molecule has 0 radical (unpaired) electrons. The van der Waals surface area contributed by atoms with Gasteiger partial charge in [-0.15, -0.1) is 0 Å². The third-order valence-electron chi connectivity index (χ3n) is 6.44. The first-order valence-corrected chi connectivity index (χ1v) is 8.61. The molecule has 0 aromatic heterocycles. The fourth-order valence-electron chi connectivity index (χ4n) is 6.10. The minimum absolute atomic E-state index is 0.0664. The van der Waals surface area contributed by atoms with Crippen LogP contribution in [0.3, 0.4) is 0 Å². The van der Waals surface area contributed by atoms with Gasteiger partial charge in [-0.2, -0.15) is 0 Å². The van der Waals surface area contributed by atoms with Gasteiger partial charge in [-0.05, 0) is 24.2 Å². The van der Waals surface area contributed by atoms with E-state index in [0.717, 1.165) is 0 Å². The first kappa shape index (κ1) is 17.4. The number of ketones is 1. The second kappa shape index (κ2) is 5.55. The van der Waals surface area contributed by atoms with Crippen LogP contribution in [0.2, 0.25) is 0 Å². The molecule has 3 saturated carbocycles. The van der Waals surface area contributed by atoms with Gasteiger partial charge in [0.25, 0.3) is 0 Å². The summed E-state index contributed by atoms with van der Waals surface area (Å²) in [5, 5.41) is 9.99. The number of Topliss-reactive ketones (excluding diaryl/α,β-unsaturated/α-hetero) is 1. The molecule has 0 heterocycles. The zero-order valence-electron chi connectivity index (χ0n) is 14.7. The molecule has 0 amide bonds. The average Bonchev–Trinajstić information content (AvgIpc) is 2.83. The summed E-state index contributed by atoms with van der Waals surface area (Å²) < 4.78 is 11.1. The number of aliphatic hydroxyl groups is 1. The quantitative estimate of drug-likeness (QED) is 0.784. The molecule has 134 valence electrons. The number of hydrogen-bond acceptors (Lipinski definition) is 6. The molecule has 0 aromatic carbocycles. The molecule has 0 spiro atoms. The lowest BCUT2D eigenvalue weighted by atomic mass is 9.63. The summed E-state index contributed by atoms with van der Waals surface area (Å²) in [5.41, 5.74) is -0.772. The van der Waals surface area contributed by atoms with E-state index in [1.54, 1.807) is 0 Å². The van der Waals surface area contributed by atoms with Gasteiger partial charge in [0.1, 0.15) is 18.0 Å². The van der Waals surface area contributed by atoms with E-state index in [1.165, 1.54) is 13.8 Å². The topological polar surface area (TPSA) is 89.9 Å². The van der Waals surface area contributed by atoms with Crippen molar-refractivity contribution in [3.63, 3.8) is 0 Å². The van der Waals surface area contributed by atoms with E-state index >= 15 is 0 Å². The van der Waals surface area contributed by atoms with Crippen molar-refractivity contribution in [3.05, 3.63) is 0 Å². The highest BCUT2D eigenvalue weighted by Gasteiger charge is 2.74. The van der Waals surface area contributed by atoms with Crippen molar-refractivity contribution < 1.29 is 29.0 Å². The summed E-state index contributed by atoms with van der Waals surface area (Å²) in [7, 11) is 0. The Morgan fingerprint density at radius 3 is 2.38 bits per heavy atom. The monoisotopic (exact) mass is 338 g/mol. The normalized spacial score (nSPS) is 42.5. The van der Waals surface area contributed by atoms with Crippen LogP contribution in [0.15, 0.2) is 0 Å². The molecule has 3 fully saturated rings. The Labute approximate surface area is 141 Å². The molecular weight excluding hydrogens is 312 g/mol. The van der Waals surface area contributed by atoms with Crippen LogP contribution in [0.5, 0.6) is 0 Å². The van der Waals surface area contributed by atoms with E-state index in [0.29, 0.717) is 12.8 Å². The molecule has 1 N–H and O–H groups in total. The second-order valence-electron chi connectivity index (χ2n) is 8.31. The molecule has 0 aromatic rings. The summed E-state index contributed by atoms with van der Waals surface area (Å²) in [4.78, 5) is 36.0. The van der Waals surface area contributed by atoms with Gasteiger partial charge >= 0.3 is 11.9 Å². The lowest BCUT2D eigenvalue weighted by molar-refractivity contribution is -0.172. The number of carbonyl (C=O) groups is 3. The molecule has 3 aliphatic carbocycles. The highest BCUT2D eigenvalue weighted by atomic mass is 16.6. The molecule has 24 heavy (non-hydrogen) atoms. The van der Waals surface area contributed by atoms with Crippen molar-refractivity contribution >= 4 is 17.7 Å². The standard InChI is InChI=1S/C18H26O6/c1-9(20)23-13-5-11(7-19)18-8-17(3,4)15(16(13)18)12(22)6-14(18)24-10(2)21/h11,13-16,19H,5-8H2,1-4H3/t11-,13+,14+,15-,16+,18-/m0/s1. The molecule has 6 nitrogen and oxygen atoms in total. The third kappa shape index (κ3) is 2.30. The number of esters is 2. The second-order valence-corrected chi connectivity index (χ2v) is 8.31. The van der Waals surface area contributed by atoms with E-state index < -0.39 is 23.6 Å². The number of aliphatic hydroxyl groups excluding tert-OH is 1. The van der Waals surface area contributed by atoms with Crippen molar-refractivity contribution in [2.24, 2.45) is 28.6 Å². The van der Waals surface area contributed by atoms with Crippen molar-refractivity contribution in [2.45, 2.75) is 59.2 Å². The SMILES string of the molecule is CC(=O)O[C@@H]1C[C@@H](CO)[C@@]23CC(C)(C)[C@@H](C(=O)C[C@H]2OC(C)=O)[C@@H]13. The van der Waals surface area contributed by atoms with Crippen LogP contribution in [-0.4, -0.2) is 41.6 Å². The van der Waals surface area contributed by atoms with Crippen molar-refractivity contribution in [1.29, 1.82) is 0 Å². The number of carbonyl (C=O) groups excluding carboxylic acids is 3. The summed E-state index contributed by atoms with van der Waals surface area (Å²) >= 11 is 0. The van der Waals surface area contributed by atoms with E-state index in [2.05, 4.69) is 0 Å². The van der Waals surface area contributed by atoms with Crippen LogP contribution < -0.4 is 0 Å². The first-order chi connectivity index (χ1) is 11.1. The van der Waals surface area contributed by atoms with Gasteiger partial charge in [-0.1, -0.05) is 13.8 Å². The van der Waals surface area contributed by atoms with Gasteiger partial charge in [-0.25, -0.2) is 0 Å². The van der Waals surface area contributed by atoms with Gasteiger partial charge in [0.15, 0.2) is 0 Å². The summed E-state index contributed by atoms with van der Waals surface area (Å²) in [6.45, 7) is 6.73. The van der Waals surface area contributed by atoms with Crippen LogP contribution in [0.4, 0.5) is 0 Å². The Morgan fingerprint density at radius 1 is 1.21 bits per heavy atom. The summed E-state index contributed by atoms with van der Waals surface area (Å²) in [6, 6.07) is 0. The largest absolute Gasteiger partial charge is 0.462 e. The predicted molar refractivity (Wildman–Crippen MR) is 83.7 cm³/mol. The van der Waals surface area contributed by atoms with Gasteiger partial charge in [0, 0.05) is 44.1 Å². The maximum atomic E-state index is 12.8. The van der Waals surface area contributed by atoms with Crippen molar-refractivity contribution in [1.82, 2.24) is 0 Å². The average molecular weight is 338 g/mol. The molecule has 0 saturated heterocycles. The molecule has 3 aliphatic rings. The molecular formula is C18H26O6. The number of rotatable bonds is 3. The van der Waals surface area contributed by atoms with Gasteiger partial charge in [-0.3, -0.25) is 14.4 Å². The fraction of sp³-hybridized carbons (Fsp3) is 0.833. The van der Waals surface area contributed by atoms with E-state index in [9.17, 15) is 19.5 Å². The lowest BCUT2D eigenvalue weighted by Crippen LogP contribution is -2.52. The number of hydrogen-bond donors (Lipinski definition) is 1. The van der Waals surface area contributed by atoms with Crippen molar-refractivity contribution in [2.75, 3.05) is 6.61 Å². The van der Waals surface area contributed by atoms with Crippen LogP contribution in [0.25, 0.3) is 0 Å². The van der Waals surface area contributed by atoms with Crippen LogP contribution >= 0.6 is 0 Å². The lowest BCUT2D eigenvalue weighted by Gasteiger charge is -2.45. The van der Waals surface area contributed by atoms with Crippen molar-refractivity contribution in [3.8, 4) is 0 Å². The van der Waals surface area contributed by atoms with Crippen LogP contribution in [-0.2, 0) is 23.9 Å². The maximum absolute atomic E-state index is 12.8. The molecule has 3 rings (SSSR count). The Hall–Kier alpha value is -1.43. The predicted octanol–water partition coefficient (Wildman–Crippen LogP) is 1.48. The molecule has 0 unspecified atom stereocenters. The Balaban J connectivity index is 2.10. The van der Waals surface area contributed by atoms with E-state index in [1.807, 2.05) is 13.8 Å². The van der Waals surface area contributed by atoms with Gasteiger partial charge in [0.2, 0.25) is 0 Å².